The number of ether oxygens (including phenoxy) is 3. The van der Waals surface area contributed by atoms with Gasteiger partial charge in [0.15, 0.2) is 11.5 Å². The zero-order valence-corrected chi connectivity index (χ0v) is 18.3. The van der Waals surface area contributed by atoms with Crippen molar-refractivity contribution in [2.24, 2.45) is 0 Å². The molecule has 0 unspecified atom stereocenters. The molecule has 7 nitrogen and oxygen atoms in total. The van der Waals surface area contributed by atoms with Gasteiger partial charge >= 0.3 is 0 Å². The third-order valence-corrected chi connectivity index (χ3v) is 5.14. The first-order valence-corrected chi connectivity index (χ1v) is 10.4. The van der Waals surface area contributed by atoms with E-state index in [-0.39, 0.29) is 12.7 Å². The predicted molar refractivity (Wildman–Crippen MR) is 125 cm³/mol. The number of carbonyl (C=O) groups excluding carboxylic acids is 2. The van der Waals surface area contributed by atoms with Crippen LogP contribution in [-0.4, -0.2) is 25.7 Å². The Morgan fingerprint density at radius 3 is 2.42 bits per heavy atom. The summed E-state index contributed by atoms with van der Waals surface area (Å²) in [7, 11) is 1.58. The van der Waals surface area contributed by atoms with Gasteiger partial charge in [0, 0.05) is 11.8 Å². The molecule has 0 saturated carbocycles. The molecular formula is C26H24N2O5. The van der Waals surface area contributed by atoms with E-state index in [1.54, 1.807) is 49.6 Å². The molecule has 3 aromatic rings. The number of amides is 2. The second kappa shape index (κ2) is 9.91. The summed E-state index contributed by atoms with van der Waals surface area (Å²) in [5, 5.41) is 5.65. The lowest BCUT2D eigenvalue weighted by atomic mass is 10.0. The number of fused-ring (bicyclic) bond motifs is 1. The van der Waals surface area contributed by atoms with E-state index in [2.05, 4.69) is 10.6 Å². The van der Waals surface area contributed by atoms with Crippen molar-refractivity contribution in [1.82, 2.24) is 5.32 Å². The smallest absolute Gasteiger partial charge is 0.251 e. The molecule has 0 fully saturated rings. The minimum Gasteiger partial charge on any atom is -0.497 e. The molecule has 0 aromatic heterocycles. The summed E-state index contributed by atoms with van der Waals surface area (Å²) < 4.78 is 15.8. The van der Waals surface area contributed by atoms with E-state index in [9.17, 15) is 9.59 Å². The normalized spacial score (nSPS) is 12.9. The molecule has 1 heterocycles. The Morgan fingerprint density at radius 2 is 1.70 bits per heavy atom. The number of anilines is 1. The zero-order valence-electron chi connectivity index (χ0n) is 18.3. The molecule has 4 rings (SSSR count). The highest BCUT2D eigenvalue weighted by Crippen LogP contribution is 2.32. The number of carbonyl (C=O) groups is 2. The number of hydrogen-bond donors (Lipinski definition) is 2. The number of benzene rings is 3. The molecule has 0 radical (unpaired) electrons. The van der Waals surface area contributed by atoms with Crippen LogP contribution in [0.25, 0.3) is 6.08 Å². The Morgan fingerprint density at radius 1 is 0.970 bits per heavy atom. The van der Waals surface area contributed by atoms with Crippen molar-refractivity contribution in [3.8, 4) is 17.2 Å². The van der Waals surface area contributed by atoms with Crippen LogP contribution in [0, 0.1) is 6.92 Å². The lowest BCUT2D eigenvalue weighted by Crippen LogP contribution is -2.36. The SMILES string of the molecule is COc1ccc(NC(=O)[C@H](NC(=O)/C=C/c2ccc3c(c2)OCO3)c2ccc(C)cc2)cc1. The summed E-state index contributed by atoms with van der Waals surface area (Å²) in [6.45, 7) is 2.15. The minimum absolute atomic E-state index is 0.185. The molecule has 1 aliphatic rings. The molecule has 0 bridgehead atoms. The first kappa shape index (κ1) is 22.0. The minimum atomic E-state index is -0.874. The van der Waals surface area contributed by atoms with E-state index in [0.29, 0.717) is 28.5 Å². The summed E-state index contributed by atoms with van der Waals surface area (Å²) in [6.07, 6.45) is 3.05. The van der Waals surface area contributed by atoms with Gasteiger partial charge in [0.2, 0.25) is 12.7 Å². The van der Waals surface area contributed by atoms with Crippen molar-refractivity contribution in [2.45, 2.75) is 13.0 Å². The summed E-state index contributed by atoms with van der Waals surface area (Å²) >= 11 is 0. The highest BCUT2D eigenvalue weighted by atomic mass is 16.7. The van der Waals surface area contributed by atoms with Crippen LogP contribution >= 0.6 is 0 Å². The maximum Gasteiger partial charge on any atom is 0.251 e. The van der Waals surface area contributed by atoms with Gasteiger partial charge in [-0.25, -0.2) is 0 Å². The van der Waals surface area contributed by atoms with Crippen LogP contribution in [0.4, 0.5) is 5.69 Å². The first-order chi connectivity index (χ1) is 16.0. The molecule has 2 amide bonds. The molecule has 0 saturated heterocycles. The Hall–Kier alpha value is -4.26. The summed E-state index contributed by atoms with van der Waals surface area (Å²) in [4.78, 5) is 25.8. The molecule has 7 heteroatoms. The number of methoxy groups -OCH3 is 1. The topological polar surface area (TPSA) is 85.9 Å². The van der Waals surface area contributed by atoms with Crippen LogP contribution in [-0.2, 0) is 9.59 Å². The van der Waals surface area contributed by atoms with Gasteiger partial charge in [-0.1, -0.05) is 35.9 Å². The van der Waals surface area contributed by atoms with E-state index < -0.39 is 11.9 Å². The Kier molecular flexibility index (Phi) is 6.59. The highest BCUT2D eigenvalue weighted by Gasteiger charge is 2.22. The molecule has 168 valence electrons. The van der Waals surface area contributed by atoms with E-state index >= 15 is 0 Å². The quantitative estimate of drug-likeness (QED) is 0.533. The highest BCUT2D eigenvalue weighted by molar-refractivity contribution is 6.00. The van der Waals surface area contributed by atoms with Crippen molar-refractivity contribution in [1.29, 1.82) is 0 Å². The molecule has 3 aromatic carbocycles. The fraction of sp³-hybridized carbons (Fsp3) is 0.154. The molecule has 0 aliphatic carbocycles. The zero-order chi connectivity index (χ0) is 23.2. The van der Waals surface area contributed by atoms with E-state index in [4.69, 9.17) is 14.2 Å². The standard InChI is InChI=1S/C26H24N2O5/c1-17-3-7-19(8-4-17)25(26(30)27-20-9-11-21(31-2)12-10-20)28-24(29)14-6-18-5-13-22-23(15-18)33-16-32-22/h3-15,25H,16H2,1-2H3,(H,27,30)(H,28,29)/b14-6+/t25-/m1/s1. The number of nitrogens with one attached hydrogen (secondary N) is 2. The van der Waals surface area contributed by atoms with Crippen LogP contribution in [0.5, 0.6) is 17.2 Å². The Labute approximate surface area is 192 Å². The number of aryl methyl sites for hydroxylation is 1. The lowest BCUT2D eigenvalue weighted by molar-refractivity contribution is -0.123. The largest absolute Gasteiger partial charge is 0.497 e. The fourth-order valence-corrected chi connectivity index (χ4v) is 3.33. The average Bonchev–Trinajstić information content (AvgIpc) is 3.30. The maximum atomic E-state index is 13.1. The van der Waals surface area contributed by atoms with E-state index in [1.165, 1.54) is 6.08 Å². The summed E-state index contributed by atoms with van der Waals surface area (Å²) in [5.41, 5.74) is 3.12. The van der Waals surface area contributed by atoms with E-state index in [0.717, 1.165) is 11.1 Å². The van der Waals surface area contributed by atoms with Gasteiger partial charge in [-0.15, -0.1) is 0 Å². The summed E-state index contributed by atoms with van der Waals surface area (Å²) in [5.74, 6) is 1.24. The van der Waals surface area contributed by atoms with Crippen molar-refractivity contribution in [2.75, 3.05) is 19.2 Å². The third-order valence-electron chi connectivity index (χ3n) is 5.14. The van der Waals surface area contributed by atoms with Crippen LogP contribution in [0.15, 0.2) is 72.8 Å². The molecule has 1 atom stereocenters. The van der Waals surface area contributed by atoms with Gasteiger partial charge in [-0.05, 0) is 60.5 Å². The second-order valence-corrected chi connectivity index (χ2v) is 7.52. The fourth-order valence-electron chi connectivity index (χ4n) is 3.33. The van der Waals surface area contributed by atoms with Crippen LogP contribution < -0.4 is 24.8 Å². The summed E-state index contributed by atoms with van der Waals surface area (Å²) in [6, 6.07) is 19.0. The van der Waals surface area contributed by atoms with Gasteiger partial charge in [-0.3, -0.25) is 9.59 Å². The van der Waals surface area contributed by atoms with Crippen molar-refractivity contribution in [3.63, 3.8) is 0 Å². The molecule has 1 aliphatic heterocycles. The lowest BCUT2D eigenvalue weighted by Gasteiger charge is -2.18. The van der Waals surface area contributed by atoms with Crippen molar-refractivity contribution < 1.29 is 23.8 Å². The maximum absolute atomic E-state index is 13.1. The first-order valence-electron chi connectivity index (χ1n) is 10.4. The van der Waals surface area contributed by atoms with Gasteiger partial charge < -0.3 is 24.8 Å². The predicted octanol–water partition coefficient (Wildman–Crippen LogP) is 4.24. The van der Waals surface area contributed by atoms with Gasteiger partial charge in [-0.2, -0.15) is 0 Å². The Balaban J connectivity index is 1.49. The second-order valence-electron chi connectivity index (χ2n) is 7.52. The third kappa shape index (κ3) is 5.51. The number of hydrogen-bond acceptors (Lipinski definition) is 5. The van der Waals surface area contributed by atoms with Crippen LogP contribution in [0.1, 0.15) is 22.7 Å². The van der Waals surface area contributed by atoms with Crippen LogP contribution in [0.3, 0.4) is 0 Å². The Bertz CT molecular complexity index is 1170. The molecule has 2 N–H and O–H groups in total. The van der Waals surface area contributed by atoms with Gasteiger partial charge in [0.25, 0.3) is 5.91 Å². The van der Waals surface area contributed by atoms with Gasteiger partial charge in [0.05, 0.1) is 7.11 Å². The van der Waals surface area contributed by atoms with Gasteiger partial charge in [0.1, 0.15) is 11.8 Å². The average molecular weight is 444 g/mol. The molecule has 0 spiro atoms. The monoisotopic (exact) mass is 444 g/mol. The van der Waals surface area contributed by atoms with E-state index in [1.807, 2.05) is 37.3 Å². The van der Waals surface area contributed by atoms with Crippen molar-refractivity contribution in [3.05, 3.63) is 89.5 Å². The molecule has 33 heavy (non-hydrogen) atoms. The van der Waals surface area contributed by atoms with Crippen molar-refractivity contribution >= 4 is 23.6 Å². The molecular weight excluding hydrogens is 420 g/mol. The number of rotatable bonds is 7. The van der Waals surface area contributed by atoms with Crippen LogP contribution in [0.2, 0.25) is 0 Å².